The minimum Gasteiger partial charge on any atom is -0.322 e. The maximum absolute atomic E-state index is 6.28. The van der Waals surface area contributed by atoms with Crippen LogP contribution >= 0.6 is 33.2 Å². The lowest BCUT2D eigenvalue weighted by atomic mass is 9.88. The molecule has 0 aliphatic carbocycles. The summed E-state index contributed by atoms with van der Waals surface area (Å²) < 4.78 is 0. The number of benzene rings is 1. The summed E-state index contributed by atoms with van der Waals surface area (Å²) in [6.45, 7) is 8.20. The van der Waals surface area contributed by atoms with Gasteiger partial charge in [0.15, 0.2) is 0 Å². The van der Waals surface area contributed by atoms with Crippen molar-refractivity contribution in [1.82, 2.24) is 0 Å². The van der Waals surface area contributed by atoms with Gasteiger partial charge in [0.05, 0.1) is 0 Å². The summed E-state index contributed by atoms with van der Waals surface area (Å²) in [6.07, 6.45) is 1.69. The fourth-order valence-electron chi connectivity index (χ4n) is 1.99. The molecule has 0 fully saturated rings. The van der Waals surface area contributed by atoms with Gasteiger partial charge in [-0.05, 0) is 30.9 Å². The molecule has 0 heterocycles. The maximum Gasteiger partial charge on any atom is 0.351 e. The van der Waals surface area contributed by atoms with Crippen LogP contribution in [-0.4, -0.2) is 6.00 Å². The van der Waals surface area contributed by atoms with E-state index in [1.807, 2.05) is 13.8 Å². The topological polar surface area (TPSA) is 26.0 Å². The Hall–Kier alpha value is 0.267. The van der Waals surface area contributed by atoms with Crippen LogP contribution in [0.25, 0.3) is 0 Å². The fraction of sp³-hybridized carbons (Fsp3) is 0.571. The number of halogens is 3. The highest BCUT2D eigenvalue weighted by molar-refractivity contribution is 7.65. The molecule has 2 atom stereocenters. The summed E-state index contributed by atoms with van der Waals surface area (Å²) >= 11 is 18.8. The zero-order chi connectivity index (χ0) is 14.9. The minimum atomic E-state index is -2.84. The van der Waals surface area contributed by atoms with E-state index in [0.717, 1.165) is 24.0 Å². The lowest BCUT2D eigenvalue weighted by molar-refractivity contribution is 0.476. The molecular formula is C14H22Cl3NSi. The number of nitrogens with two attached hydrogens (primary N) is 1. The lowest BCUT2D eigenvalue weighted by Gasteiger charge is -2.34. The molecule has 0 bridgehead atoms. The summed E-state index contributed by atoms with van der Waals surface area (Å²) in [7, 11) is 0. The monoisotopic (exact) mass is 337 g/mol. The quantitative estimate of drug-likeness (QED) is 0.584. The molecule has 0 aliphatic rings. The van der Waals surface area contributed by atoms with E-state index >= 15 is 0 Å². The van der Waals surface area contributed by atoms with Gasteiger partial charge in [0.25, 0.3) is 0 Å². The van der Waals surface area contributed by atoms with Crippen molar-refractivity contribution in [1.29, 1.82) is 0 Å². The average molecular weight is 339 g/mol. The third-order valence-corrected chi connectivity index (χ3v) is 9.90. The molecule has 1 nitrogen and oxygen atoms in total. The predicted molar refractivity (Wildman–Crippen MR) is 89.2 cm³/mol. The van der Waals surface area contributed by atoms with E-state index in [1.54, 1.807) is 0 Å². The molecule has 0 radical (unpaired) electrons. The molecule has 2 unspecified atom stereocenters. The van der Waals surface area contributed by atoms with Crippen molar-refractivity contribution in [3.8, 4) is 0 Å². The van der Waals surface area contributed by atoms with Crippen molar-refractivity contribution in [2.45, 2.75) is 51.1 Å². The highest BCUT2D eigenvalue weighted by Gasteiger charge is 2.47. The zero-order valence-electron chi connectivity index (χ0n) is 11.9. The summed E-state index contributed by atoms with van der Waals surface area (Å²) in [5.41, 5.74) is 8.13. The molecule has 0 saturated heterocycles. The number of rotatable bonds is 5. The van der Waals surface area contributed by atoms with Crippen LogP contribution in [-0.2, 0) is 10.6 Å². The SMILES string of the molecule is CCC(C)(N)c1ccc(C(C)(CC)[Si](Cl)(Cl)Cl)cc1. The molecule has 0 amide bonds. The second kappa shape index (κ2) is 5.95. The van der Waals surface area contributed by atoms with E-state index in [1.165, 1.54) is 0 Å². The molecule has 1 rings (SSSR count). The molecule has 1 aromatic rings. The van der Waals surface area contributed by atoms with Crippen LogP contribution in [0.3, 0.4) is 0 Å². The number of hydrogen-bond acceptors (Lipinski definition) is 1. The number of hydrogen-bond donors (Lipinski definition) is 1. The average Bonchev–Trinajstić information content (AvgIpc) is 2.36. The van der Waals surface area contributed by atoms with Crippen LogP contribution in [0.5, 0.6) is 0 Å². The molecule has 1 aromatic carbocycles. The van der Waals surface area contributed by atoms with Gasteiger partial charge in [-0.15, -0.1) is 33.2 Å². The van der Waals surface area contributed by atoms with Crippen LogP contribution in [0.4, 0.5) is 0 Å². The normalized spacial score (nSPS) is 18.7. The Morgan fingerprint density at radius 2 is 1.37 bits per heavy atom. The summed E-state index contributed by atoms with van der Waals surface area (Å²) in [6, 6.07) is 5.37. The third kappa shape index (κ3) is 3.48. The van der Waals surface area contributed by atoms with Gasteiger partial charge in [0, 0.05) is 10.6 Å². The molecule has 5 heteroatoms. The van der Waals surface area contributed by atoms with Crippen LogP contribution in [0.2, 0.25) is 0 Å². The van der Waals surface area contributed by atoms with Crippen molar-refractivity contribution in [3.05, 3.63) is 35.4 Å². The first-order valence-electron chi connectivity index (χ1n) is 6.55. The molecule has 19 heavy (non-hydrogen) atoms. The minimum absolute atomic E-state index is 0.307. The molecular weight excluding hydrogens is 317 g/mol. The van der Waals surface area contributed by atoms with Gasteiger partial charge in [-0.3, -0.25) is 0 Å². The smallest absolute Gasteiger partial charge is 0.322 e. The Morgan fingerprint density at radius 1 is 0.947 bits per heavy atom. The van der Waals surface area contributed by atoms with Crippen molar-refractivity contribution in [3.63, 3.8) is 0 Å². The van der Waals surface area contributed by atoms with E-state index in [0.29, 0.717) is 0 Å². The second-order valence-electron chi connectivity index (χ2n) is 5.53. The Morgan fingerprint density at radius 3 is 1.68 bits per heavy atom. The Bertz CT molecular complexity index is 425. The predicted octanol–water partition coefficient (Wildman–Crippen LogP) is 5.13. The summed E-state index contributed by atoms with van der Waals surface area (Å²) in [5.74, 6) is 0. The zero-order valence-corrected chi connectivity index (χ0v) is 15.2. The van der Waals surface area contributed by atoms with E-state index < -0.39 is 6.00 Å². The van der Waals surface area contributed by atoms with Crippen LogP contribution in [0, 0.1) is 0 Å². The largest absolute Gasteiger partial charge is 0.351 e. The molecule has 108 valence electrons. The Labute approximate surface area is 131 Å². The molecule has 0 saturated carbocycles. The van der Waals surface area contributed by atoms with Crippen molar-refractivity contribution in [2.75, 3.05) is 0 Å². The maximum atomic E-state index is 6.28. The molecule has 0 spiro atoms. The van der Waals surface area contributed by atoms with Gasteiger partial charge in [-0.25, -0.2) is 0 Å². The fourth-order valence-corrected chi connectivity index (χ4v) is 5.07. The van der Waals surface area contributed by atoms with Gasteiger partial charge in [0.1, 0.15) is 0 Å². The highest BCUT2D eigenvalue weighted by Crippen LogP contribution is 2.44. The van der Waals surface area contributed by atoms with Crippen molar-refractivity contribution >= 4 is 39.2 Å². The van der Waals surface area contributed by atoms with Crippen LogP contribution in [0.1, 0.15) is 51.7 Å². The van der Waals surface area contributed by atoms with Gasteiger partial charge in [0.2, 0.25) is 0 Å². The van der Waals surface area contributed by atoms with Crippen molar-refractivity contribution < 1.29 is 0 Å². The van der Waals surface area contributed by atoms with Gasteiger partial charge < -0.3 is 5.73 Å². The summed E-state index contributed by atoms with van der Waals surface area (Å²) in [4.78, 5) is 0. The molecule has 0 aliphatic heterocycles. The molecule has 0 aromatic heterocycles. The van der Waals surface area contributed by atoms with E-state index in [4.69, 9.17) is 39.0 Å². The third-order valence-electron chi connectivity index (χ3n) is 4.25. The first-order valence-corrected chi connectivity index (χ1v) is 11.6. The Kier molecular flexibility index (Phi) is 5.42. The molecule has 2 N–H and O–H groups in total. The Balaban J connectivity index is 3.18. The van der Waals surface area contributed by atoms with Crippen LogP contribution in [0.15, 0.2) is 24.3 Å². The van der Waals surface area contributed by atoms with E-state index in [2.05, 4.69) is 38.1 Å². The standard InChI is InChI=1S/C14H22Cl3NSi/c1-5-13(3,18)11-7-9-12(10-8-11)14(4,6-2)19(15,16)17/h7-10H,5-6,18H2,1-4H3. The van der Waals surface area contributed by atoms with Gasteiger partial charge in [-0.2, -0.15) is 0 Å². The highest BCUT2D eigenvalue weighted by atomic mass is 35.8. The van der Waals surface area contributed by atoms with E-state index in [-0.39, 0.29) is 10.6 Å². The van der Waals surface area contributed by atoms with Gasteiger partial charge >= 0.3 is 6.00 Å². The van der Waals surface area contributed by atoms with Gasteiger partial charge in [-0.1, -0.05) is 45.0 Å². The van der Waals surface area contributed by atoms with Crippen molar-refractivity contribution in [2.24, 2.45) is 5.73 Å². The first-order chi connectivity index (χ1) is 8.58. The lowest BCUT2D eigenvalue weighted by Crippen LogP contribution is -2.41. The summed E-state index contributed by atoms with van der Waals surface area (Å²) in [5, 5.41) is -0.368. The van der Waals surface area contributed by atoms with Crippen LogP contribution < -0.4 is 5.73 Å². The second-order valence-corrected chi connectivity index (χ2v) is 14.5. The van der Waals surface area contributed by atoms with E-state index in [9.17, 15) is 0 Å². The first kappa shape index (κ1) is 17.3.